The van der Waals surface area contributed by atoms with E-state index < -0.39 is 0 Å². The maximum atomic E-state index is 10.0. The standard InChI is InChI=1S/C13H25NO/c1-12(2)7-4-3-6-11(12)14-10-13(15)8-5-9-13/h11,14-15H,3-10H2,1-2H3. The minimum absolute atomic E-state index is 0.368. The fourth-order valence-corrected chi connectivity index (χ4v) is 2.95. The van der Waals surface area contributed by atoms with Gasteiger partial charge in [0.15, 0.2) is 0 Å². The Bertz CT molecular complexity index is 221. The zero-order chi connectivity index (χ0) is 10.9. The monoisotopic (exact) mass is 211 g/mol. The fourth-order valence-electron chi connectivity index (χ4n) is 2.95. The molecule has 2 rings (SSSR count). The van der Waals surface area contributed by atoms with Gasteiger partial charge in [0.05, 0.1) is 5.60 Å². The Morgan fingerprint density at radius 2 is 1.87 bits per heavy atom. The van der Waals surface area contributed by atoms with Gasteiger partial charge in [-0.2, -0.15) is 0 Å². The molecule has 0 radical (unpaired) electrons. The summed E-state index contributed by atoms with van der Waals surface area (Å²) in [5.41, 5.74) is 0.0475. The molecular formula is C13H25NO. The van der Waals surface area contributed by atoms with Crippen LogP contribution >= 0.6 is 0 Å². The molecule has 0 aromatic carbocycles. The van der Waals surface area contributed by atoms with Crippen molar-refractivity contribution in [1.82, 2.24) is 5.32 Å². The summed E-state index contributed by atoms with van der Waals surface area (Å²) in [4.78, 5) is 0. The predicted molar refractivity (Wildman–Crippen MR) is 62.8 cm³/mol. The van der Waals surface area contributed by atoms with Gasteiger partial charge in [-0.15, -0.1) is 0 Å². The third-order valence-electron chi connectivity index (χ3n) is 4.47. The molecule has 1 unspecified atom stereocenters. The van der Waals surface area contributed by atoms with Crippen molar-refractivity contribution in [3.05, 3.63) is 0 Å². The molecule has 0 aromatic heterocycles. The van der Waals surface area contributed by atoms with Gasteiger partial charge in [0.25, 0.3) is 0 Å². The Hall–Kier alpha value is -0.0800. The highest BCUT2D eigenvalue weighted by Gasteiger charge is 2.37. The lowest BCUT2D eigenvalue weighted by Crippen LogP contribution is -2.53. The van der Waals surface area contributed by atoms with Crippen LogP contribution in [-0.2, 0) is 0 Å². The zero-order valence-electron chi connectivity index (χ0n) is 10.2. The van der Waals surface area contributed by atoms with Gasteiger partial charge < -0.3 is 10.4 Å². The molecule has 2 aliphatic rings. The van der Waals surface area contributed by atoms with Gasteiger partial charge in [0.1, 0.15) is 0 Å². The average molecular weight is 211 g/mol. The molecular weight excluding hydrogens is 186 g/mol. The van der Waals surface area contributed by atoms with E-state index in [9.17, 15) is 5.11 Å². The van der Waals surface area contributed by atoms with Crippen LogP contribution in [0.1, 0.15) is 58.8 Å². The van der Waals surface area contributed by atoms with E-state index >= 15 is 0 Å². The Balaban J connectivity index is 1.82. The molecule has 2 aliphatic carbocycles. The second-order valence-corrected chi connectivity index (χ2v) is 6.25. The third kappa shape index (κ3) is 2.54. The molecule has 0 amide bonds. The number of rotatable bonds is 3. The van der Waals surface area contributed by atoms with Crippen LogP contribution in [0.25, 0.3) is 0 Å². The molecule has 0 saturated heterocycles. The van der Waals surface area contributed by atoms with Crippen molar-refractivity contribution in [3.63, 3.8) is 0 Å². The summed E-state index contributed by atoms with van der Waals surface area (Å²) in [5.74, 6) is 0. The van der Waals surface area contributed by atoms with Crippen LogP contribution in [0.15, 0.2) is 0 Å². The number of hydrogen-bond acceptors (Lipinski definition) is 2. The van der Waals surface area contributed by atoms with E-state index in [2.05, 4.69) is 19.2 Å². The van der Waals surface area contributed by atoms with E-state index in [1.165, 1.54) is 32.1 Å². The van der Waals surface area contributed by atoms with Crippen LogP contribution in [0.2, 0.25) is 0 Å². The van der Waals surface area contributed by atoms with Crippen LogP contribution < -0.4 is 5.32 Å². The largest absolute Gasteiger partial charge is 0.389 e. The molecule has 0 spiro atoms. The molecule has 2 heteroatoms. The minimum Gasteiger partial charge on any atom is -0.389 e. The van der Waals surface area contributed by atoms with Gasteiger partial charge in [-0.25, -0.2) is 0 Å². The van der Waals surface area contributed by atoms with Crippen LogP contribution in [0.4, 0.5) is 0 Å². The topological polar surface area (TPSA) is 32.3 Å². The van der Waals surface area contributed by atoms with Crippen LogP contribution in [-0.4, -0.2) is 23.3 Å². The van der Waals surface area contributed by atoms with Crippen LogP contribution in [0.3, 0.4) is 0 Å². The summed E-state index contributed by atoms with van der Waals surface area (Å²) < 4.78 is 0. The van der Waals surface area contributed by atoms with E-state index in [0.717, 1.165) is 19.4 Å². The number of hydrogen-bond donors (Lipinski definition) is 2. The first-order chi connectivity index (χ1) is 7.02. The number of nitrogens with one attached hydrogen (secondary N) is 1. The molecule has 0 bridgehead atoms. The first kappa shape index (κ1) is 11.4. The summed E-state index contributed by atoms with van der Waals surface area (Å²) in [6.45, 7) is 5.52. The molecule has 2 fully saturated rings. The van der Waals surface area contributed by atoms with Crippen molar-refractivity contribution in [1.29, 1.82) is 0 Å². The Morgan fingerprint density at radius 1 is 1.13 bits per heavy atom. The van der Waals surface area contributed by atoms with Gasteiger partial charge in [0.2, 0.25) is 0 Å². The summed E-state index contributed by atoms with van der Waals surface area (Å²) >= 11 is 0. The van der Waals surface area contributed by atoms with E-state index in [4.69, 9.17) is 0 Å². The van der Waals surface area contributed by atoms with Gasteiger partial charge in [0, 0.05) is 12.6 Å². The minimum atomic E-state index is -0.368. The molecule has 15 heavy (non-hydrogen) atoms. The Morgan fingerprint density at radius 3 is 2.40 bits per heavy atom. The second kappa shape index (κ2) is 4.06. The van der Waals surface area contributed by atoms with Crippen molar-refractivity contribution in [3.8, 4) is 0 Å². The predicted octanol–water partition coefficient (Wildman–Crippen LogP) is 2.46. The fraction of sp³-hybridized carbons (Fsp3) is 1.00. The summed E-state index contributed by atoms with van der Waals surface area (Å²) in [6, 6.07) is 0.607. The third-order valence-corrected chi connectivity index (χ3v) is 4.47. The lowest BCUT2D eigenvalue weighted by Gasteiger charge is -2.43. The summed E-state index contributed by atoms with van der Waals surface area (Å²) in [5, 5.41) is 13.7. The highest BCUT2D eigenvalue weighted by Crippen LogP contribution is 2.37. The SMILES string of the molecule is CC1(C)CCCCC1NCC1(O)CCC1. The van der Waals surface area contributed by atoms with Crippen molar-refractivity contribution < 1.29 is 5.11 Å². The van der Waals surface area contributed by atoms with Gasteiger partial charge >= 0.3 is 0 Å². The summed E-state index contributed by atoms with van der Waals surface area (Å²) in [7, 11) is 0. The smallest absolute Gasteiger partial charge is 0.0771 e. The second-order valence-electron chi connectivity index (χ2n) is 6.25. The summed E-state index contributed by atoms with van der Waals surface area (Å²) in [6.07, 6.45) is 8.51. The highest BCUT2D eigenvalue weighted by atomic mass is 16.3. The Labute approximate surface area is 93.5 Å². The van der Waals surface area contributed by atoms with Gasteiger partial charge in [-0.1, -0.05) is 26.7 Å². The normalized spacial score (nSPS) is 33.4. The first-order valence-electron chi connectivity index (χ1n) is 6.48. The molecule has 2 nitrogen and oxygen atoms in total. The maximum absolute atomic E-state index is 10.0. The van der Waals surface area contributed by atoms with Gasteiger partial charge in [-0.3, -0.25) is 0 Å². The molecule has 0 aliphatic heterocycles. The molecule has 88 valence electrons. The van der Waals surface area contributed by atoms with Crippen LogP contribution in [0.5, 0.6) is 0 Å². The number of aliphatic hydroxyl groups is 1. The van der Waals surface area contributed by atoms with Gasteiger partial charge in [-0.05, 0) is 37.5 Å². The molecule has 0 heterocycles. The van der Waals surface area contributed by atoms with Crippen molar-refractivity contribution >= 4 is 0 Å². The highest BCUT2D eigenvalue weighted by molar-refractivity contribution is 4.94. The molecule has 1 atom stereocenters. The van der Waals surface area contributed by atoms with E-state index in [0.29, 0.717) is 11.5 Å². The molecule has 0 aromatic rings. The lowest BCUT2D eigenvalue weighted by atomic mass is 9.72. The van der Waals surface area contributed by atoms with Crippen molar-refractivity contribution in [2.45, 2.75) is 70.4 Å². The average Bonchev–Trinajstić information content (AvgIpc) is 2.13. The van der Waals surface area contributed by atoms with Crippen molar-refractivity contribution in [2.24, 2.45) is 5.41 Å². The van der Waals surface area contributed by atoms with Crippen molar-refractivity contribution in [2.75, 3.05) is 6.54 Å². The maximum Gasteiger partial charge on any atom is 0.0771 e. The lowest BCUT2D eigenvalue weighted by molar-refractivity contribution is -0.0377. The molecule has 2 saturated carbocycles. The molecule has 2 N–H and O–H groups in total. The van der Waals surface area contributed by atoms with Crippen LogP contribution in [0, 0.1) is 5.41 Å². The van der Waals surface area contributed by atoms with E-state index in [1.807, 2.05) is 0 Å². The van der Waals surface area contributed by atoms with E-state index in [1.54, 1.807) is 0 Å². The zero-order valence-corrected chi connectivity index (χ0v) is 10.2. The first-order valence-corrected chi connectivity index (χ1v) is 6.48. The Kier molecular flexibility index (Phi) is 3.09. The van der Waals surface area contributed by atoms with E-state index in [-0.39, 0.29) is 5.60 Å². The quantitative estimate of drug-likeness (QED) is 0.751.